The monoisotopic (exact) mass is 248 g/mol. The molecule has 98 valence electrons. The molecule has 2 N–H and O–H groups in total. The van der Waals surface area contributed by atoms with Crippen molar-refractivity contribution in [1.29, 1.82) is 5.26 Å². The summed E-state index contributed by atoms with van der Waals surface area (Å²) in [6.45, 7) is 3.41. The van der Waals surface area contributed by atoms with E-state index in [0.29, 0.717) is 13.0 Å². The van der Waals surface area contributed by atoms with E-state index < -0.39 is 0 Å². The average Bonchev–Trinajstić information content (AvgIpc) is 2.43. The standard InChI is InChI=1S/C14H20N2O2/c1-2-7-16-13(10-15)6-8-18-14-5-3-4-12(9-14)11-17/h3-5,9,13,16-17H,2,6-8,11H2,1H3. The Morgan fingerprint density at radius 2 is 2.33 bits per heavy atom. The normalized spacial score (nSPS) is 11.8. The van der Waals surface area contributed by atoms with Crippen molar-refractivity contribution in [1.82, 2.24) is 5.32 Å². The van der Waals surface area contributed by atoms with Crippen molar-refractivity contribution < 1.29 is 9.84 Å². The number of nitrogens with zero attached hydrogens (tertiary/aromatic N) is 1. The fourth-order valence-corrected chi connectivity index (χ4v) is 1.56. The molecule has 4 heteroatoms. The van der Waals surface area contributed by atoms with Gasteiger partial charge >= 0.3 is 0 Å². The molecular weight excluding hydrogens is 228 g/mol. The fraction of sp³-hybridized carbons (Fsp3) is 0.500. The van der Waals surface area contributed by atoms with Crippen LogP contribution >= 0.6 is 0 Å². The highest BCUT2D eigenvalue weighted by atomic mass is 16.5. The van der Waals surface area contributed by atoms with E-state index in [1.54, 1.807) is 6.07 Å². The number of benzene rings is 1. The summed E-state index contributed by atoms with van der Waals surface area (Å²) in [5.41, 5.74) is 0.827. The summed E-state index contributed by atoms with van der Waals surface area (Å²) in [5.74, 6) is 0.730. The van der Waals surface area contributed by atoms with Gasteiger partial charge in [-0.3, -0.25) is 0 Å². The predicted molar refractivity (Wildman–Crippen MR) is 70.2 cm³/mol. The van der Waals surface area contributed by atoms with Crippen LogP contribution in [0.3, 0.4) is 0 Å². The molecule has 0 radical (unpaired) electrons. The molecule has 0 aliphatic rings. The van der Waals surface area contributed by atoms with Gasteiger partial charge in [-0.05, 0) is 30.7 Å². The lowest BCUT2D eigenvalue weighted by Gasteiger charge is -2.12. The summed E-state index contributed by atoms with van der Waals surface area (Å²) in [6.07, 6.45) is 1.66. The van der Waals surface area contributed by atoms with Gasteiger partial charge in [0.2, 0.25) is 0 Å². The van der Waals surface area contributed by atoms with E-state index in [4.69, 9.17) is 15.1 Å². The van der Waals surface area contributed by atoms with E-state index in [1.807, 2.05) is 18.2 Å². The van der Waals surface area contributed by atoms with Crippen LogP contribution in [0.25, 0.3) is 0 Å². The first-order valence-electron chi connectivity index (χ1n) is 6.25. The van der Waals surface area contributed by atoms with Crippen LogP contribution in [-0.4, -0.2) is 24.3 Å². The molecule has 1 unspecified atom stereocenters. The lowest BCUT2D eigenvalue weighted by atomic mass is 10.2. The smallest absolute Gasteiger partial charge is 0.119 e. The topological polar surface area (TPSA) is 65.3 Å². The van der Waals surface area contributed by atoms with Gasteiger partial charge in [0.1, 0.15) is 5.75 Å². The minimum atomic E-state index is -0.161. The molecule has 1 aromatic rings. The van der Waals surface area contributed by atoms with Crippen LogP contribution in [0.2, 0.25) is 0 Å². The van der Waals surface area contributed by atoms with Gasteiger partial charge in [0, 0.05) is 6.42 Å². The molecule has 4 nitrogen and oxygen atoms in total. The van der Waals surface area contributed by atoms with Gasteiger partial charge in [0.25, 0.3) is 0 Å². The zero-order valence-corrected chi connectivity index (χ0v) is 10.7. The van der Waals surface area contributed by atoms with Gasteiger partial charge in [-0.25, -0.2) is 0 Å². The van der Waals surface area contributed by atoms with Gasteiger partial charge < -0.3 is 15.2 Å². The summed E-state index contributed by atoms with van der Waals surface area (Å²) in [6, 6.07) is 9.39. The summed E-state index contributed by atoms with van der Waals surface area (Å²) < 4.78 is 5.56. The summed E-state index contributed by atoms with van der Waals surface area (Å²) in [5, 5.41) is 21.1. The van der Waals surface area contributed by atoms with E-state index in [2.05, 4.69) is 18.3 Å². The Balaban J connectivity index is 2.33. The molecule has 0 aliphatic carbocycles. The maximum absolute atomic E-state index is 9.00. The van der Waals surface area contributed by atoms with Crippen LogP contribution < -0.4 is 10.1 Å². The largest absolute Gasteiger partial charge is 0.493 e. The molecule has 0 aliphatic heterocycles. The van der Waals surface area contributed by atoms with Crippen molar-refractivity contribution in [2.75, 3.05) is 13.2 Å². The zero-order chi connectivity index (χ0) is 13.2. The molecule has 0 fully saturated rings. The Morgan fingerprint density at radius 3 is 3.00 bits per heavy atom. The number of nitriles is 1. The zero-order valence-electron chi connectivity index (χ0n) is 10.7. The van der Waals surface area contributed by atoms with Gasteiger partial charge in [-0.2, -0.15) is 5.26 Å². The fourth-order valence-electron chi connectivity index (χ4n) is 1.56. The number of aliphatic hydroxyl groups excluding tert-OH is 1. The van der Waals surface area contributed by atoms with E-state index >= 15 is 0 Å². The number of nitrogens with one attached hydrogen (secondary N) is 1. The number of rotatable bonds is 8. The number of ether oxygens (including phenoxy) is 1. The third kappa shape index (κ3) is 5.17. The SMILES string of the molecule is CCCNC(C#N)CCOc1cccc(CO)c1. The predicted octanol–water partition coefficient (Wildman–Crippen LogP) is 1.84. The first-order valence-corrected chi connectivity index (χ1v) is 6.25. The second-order valence-corrected chi connectivity index (χ2v) is 4.08. The molecule has 0 saturated carbocycles. The minimum Gasteiger partial charge on any atom is -0.493 e. The lowest BCUT2D eigenvalue weighted by molar-refractivity contribution is 0.277. The Hall–Kier alpha value is -1.57. The molecule has 1 atom stereocenters. The molecule has 0 aromatic heterocycles. The van der Waals surface area contributed by atoms with Crippen LogP contribution in [0, 0.1) is 11.3 Å². The Morgan fingerprint density at radius 1 is 1.50 bits per heavy atom. The molecule has 1 rings (SSSR count). The van der Waals surface area contributed by atoms with Crippen LogP contribution in [0.5, 0.6) is 5.75 Å². The summed E-state index contributed by atoms with van der Waals surface area (Å²) in [7, 11) is 0. The van der Waals surface area contributed by atoms with E-state index in [1.165, 1.54) is 0 Å². The van der Waals surface area contributed by atoms with Crippen LogP contribution in [-0.2, 0) is 6.61 Å². The molecule has 0 spiro atoms. The van der Waals surface area contributed by atoms with Crippen molar-refractivity contribution in [3.63, 3.8) is 0 Å². The van der Waals surface area contributed by atoms with Gasteiger partial charge in [-0.15, -0.1) is 0 Å². The number of hydrogen-bond acceptors (Lipinski definition) is 4. The number of hydrogen-bond donors (Lipinski definition) is 2. The highest BCUT2D eigenvalue weighted by Gasteiger charge is 2.05. The molecule has 0 amide bonds. The van der Waals surface area contributed by atoms with Gasteiger partial charge in [-0.1, -0.05) is 19.1 Å². The van der Waals surface area contributed by atoms with Crippen molar-refractivity contribution >= 4 is 0 Å². The van der Waals surface area contributed by atoms with Crippen LogP contribution in [0.1, 0.15) is 25.3 Å². The molecular formula is C14H20N2O2. The molecule has 0 bridgehead atoms. The average molecular weight is 248 g/mol. The lowest BCUT2D eigenvalue weighted by Crippen LogP contribution is -2.29. The third-order valence-corrected chi connectivity index (χ3v) is 2.55. The Labute approximate surface area is 108 Å². The van der Waals surface area contributed by atoms with Gasteiger partial charge in [0.15, 0.2) is 0 Å². The highest BCUT2D eigenvalue weighted by molar-refractivity contribution is 5.27. The van der Waals surface area contributed by atoms with Crippen molar-refractivity contribution in [3.05, 3.63) is 29.8 Å². The summed E-state index contributed by atoms with van der Waals surface area (Å²) >= 11 is 0. The van der Waals surface area contributed by atoms with Crippen molar-refractivity contribution in [3.8, 4) is 11.8 Å². The maximum Gasteiger partial charge on any atom is 0.119 e. The van der Waals surface area contributed by atoms with E-state index in [0.717, 1.165) is 24.3 Å². The molecule has 0 saturated heterocycles. The Bertz CT molecular complexity index is 388. The summed E-state index contributed by atoms with van der Waals surface area (Å²) in [4.78, 5) is 0. The van der Waals surface area contributed by atoms with E-state index in [-0.39, 0.29) is 12.6 Å². The third-order valence-electron chi connectivity index (χ3n) is 2.55. The second-order valence-electron chi connectivity index (χ2n) is 4.08. The molecule has 0 heterocycles. The van der Waals surface area contributed by atoms with Crippen LogP contribution in [0.4, 0.5) is 0 Å². The van der Waals surface area contributed by atoms with E-state index in [9.17, 15) is 0 Å². The van der Waals surface area contributed by atoms with Crippen LogP contribution in [0.15, 0.2) is 24.3 Å². The highest BCUT2D eigenvalue weighted by Crippen LogP contribution is 2.13. The molecule has 18 heavy (non-hydrogen) atoms. The second kappa shape index (κ2) is 8.51. The first kappa shape index (κ1) is 14.5. The Kier molecular flexibility index (Phi) is 6.85. The first-order chi connectivity index (χ1) is 8.80. The van der Waals surface area contributed by atoms with Gasteiger partial charge in [0.05, 0.1) is 25.3 Å². The number of aliphatic hydroxyl groups is 1. The van der Waals surface area contributed by atoms with Crippen molar-refractivity contribution in [2.45, 2.75) is 32.4 Å². The van der Waals surface area contributed by atoms with Crippen molar-refractivity contribution in [2.24, 2.45) is 0 Å². The quantitative estimate of drug-likeness (QED) is 0.736. The minimum absolute atomic E-state index is 0.01000. The maximum atomic E-state index is 9.00. The molecule has 1 aromatic carbocycles.